The third-order valence-corrected chi connectivity index (χ3v) is 1.50. The second-order valence-corrected chi connectivity index (χ2v) is 2.70. The number of amides is 1. The molecule has 3 nitrogen and oxygen atoms in total. The van der Waals surface area contributed by atoms with Gasteiger partial charge in [0.1, 0.15) is 5.75 Å². The number of benzene rings is 1. The highest BCUT2D eigenvalue weighted by Crippen LogP contribution is 2.15. The molecule has 4 heteroatoms. The predicted octanol–water partition coefficient (Wildman–Crippen LogP) is 2.86. The standard InChI is InChI=1S/C9H10ClNO2/c1-2-13-8-5-3-7(4-6-8)11-9(10)12/h3-6H,2H2,1H3,(H,11,12). The fourth-order valence-electron chi connectivity index (χ4n) is 0.915. The molecule has 1 N–H and O–H groups in total. The molecule has 0 unspecified atom stereocenters. The number of nitrogens with one attached hydrogen (secondary N) is 1. The first kappa shape index (κ1) is 9.86. The fraction of sp³-hybridized carbons (Fsp3) is 0.222. The summed E-state index contributed by atoms with van der Waals surface area (Å²) in [6.45, 7) is 2.54. The van der Waals surface area contributed by atoms with Crippen molar-refractivity contribution in [1.82, 2.24) is 0 Å². The van der Waals surface area contributed by atoms with Crippen LogP contribution in [0.2, 0.25) is 0 Å². The monoisotopic (exact) mass is 199 g/mol. The molecule has 0 heterocycles. The number of rotatable bonds is 3. The van der Waals surface area contributed by atoms with Crippen molar-refractivity contribution in [2.75, 3.05) is 11.9 Å². The SMILES string of the molecule is CCOc1ccc(NC(=O)Cl)cc1. The zero-order valence-electron chi connectivity index (χ0n) is 7.21. The average molecular weight is 200 g/mol. The number of anilines is 1. The van der Waals surface area contributed by atoms with Crippen LogP contribution in [0.15, 0.2) is 24.3 Å². The first-order valence-electron chi connectivity index (χ1n) is 3.91. The van der Waals surface area contributed by atoms with Crippen molar-refractivity contribution in [1.29, 1.82) is 0 Å². The maximum Gasteiger partial charge on any atom is 0.318 e. The number of carbonyl (C=O) groups is 1. The second-order valence-electron chi connectivity index (χ2n) is 2.36. The zero-order chi connectivity index (χ0) is 9.68. The van der Waals surface area contributed by atoms with Crippen LogP contribution in [0.4, 0.5) is 10.5 Å². The van der Waals surface area contributed by atoms with E-state index in [9.17, 15) is 4.79 Å². The molecule has 0 spiro atoms. The summed E-state index contributed by atoms with van der Waals surface area (Å²) in [5.74, 6) is 0.773. The Kier molecular flexibility index (Phi) is 3.58. The van der Waals surface area contributed by atoms with Gasteiger partial charge in [0.15, 0.2) is 0 Å². The minimum Gasteiger partial charge on any atom is -0.494 e. The molecule has 1 aromatic carbocycles. The van der Waals surface area contributed by atoms with Gasteiger partial charge in [0.2, 0.25) is 0 Å². The van der Waals surface area contributed by atoms with Crippen molar-refractivity contribution in [2.24, 2.45) is 0 Å². The van der Waals surface area contributed by atoms with Crippen LogP contribution in [0.3, 0.4) is 0 Å². The molecule has 0 atom stereocenters. The first-order chi connectivity index (χ1) is 6.22. The van der Waals surface area contributed by atoms with Crippen molar-refractivity contribution in [3.05, 3.63) is 24.3 Å². The van der Waals surface area contributed by atoms with E-state index in [0.29, 0.717) is 12.3 Å². The van der Waals surface area contributed by atoms with Crippen LogP contribution in [0.5, 0.6) is 5.75 Å². The summed E-state index contributed by atoms with van der Waals surface area (Å²) >= 11 is 5.13. The van der Waals surface area contributed by atoms with E-state index in [-0.39, 0.29) is 0 Å². The molecule has 0 radical (unpaired) electrons. The van der Waals surface area contributed by atoms with Gasteiger partial charge >= 0.3 is 5.37 Å². The maximum atomic E-state index is 10.4. The molecule has 0 aromatic heterocycles. The van der Waals surface area contributed by atoms with E-state index in [1.54, 1.807) is 24.3 Å². The Morgan fingerprint density at radius 1 is 1.46 bits per heavy atom. The zero-order valence-corrected chi connectivity index (χ0v) is 7.97. The number of halogens is 1. The summed E-state index contributed by atoms with van der Waals surface area (Å²) in [4.78, 5) is 10.4. The third kappa shape index (κ3) is 3.34. The lowest BCUT2D eigenvalue weighted by molar-refractivity contribution is 0.269. The summed E-state index contributed by atoms with van der Waals surface area (Å²) in [6.07, 6.45) is 0. The average Bonchev–Trinajstić information content (AvgIpc) is 2.08. The molecule has 0 fully saturated rings. The van der Waals surface area contributed by atoms with Crippen molar-refractivity contribution >= 4 is 22.7 Å². The van der Waals surface area contributed by atoms with Crippen molar-refractivity contribution in [2.45, 2.75) is 6.92 Å². The summed E-state index contributed by atoms with van der Waals surface area (Å²) in [5.41, 5.74) is 0.656. The van der Waals surface area contributed by atoms with Crippen LogP contribution in [0.25, 0.3) is 0 Å². The Labute approximate surface area is 81.7 Å². The Bertz CT molecular complexity index is 284. The number of ether oxygens (including phenoxy) is 1. The highest BCUT2D eigenvalue weighted by atomic mass is 35.5. The van der Waals surface area contributed by atoms with Crippen LogP contribution in [-0.4, -0.2) is 12.0 Å². The highest BCUT2D eigenvalue weighted by molar-refractivity contribution is 6.65. The highest BCUT2D eigenvalue weighted by Gasteiger charge is 1.96. The van der Waals surface area contributed by atoms with E-state index < -0.39 is 5.37 Å². The van der Waals surface area contributed by atoms with Gasteiger partial charge in [-0.25, -0.2) is 0 Å². The quantitative estimate of drug-likeness (QED) is 0.601. The summed E-state index contributed by atoms with van der Waals surface area (Å²) < 4.78 is 5.22. The summed E-state index contributed by atoms with van der Waals surface area (Å²) in [6, 6.07) is 6.99. The molecule has 0 aliphatic carbocycles. The lowest BCUT2D eigenvalue weighted by atomic mass is 10.3. The van der Waals surface area contributed by atoms with E-state index in [4.69, 9.17) is 16.3 Å². The molecule has 0 aliphatic heterocycles. The lowest BCUT2D eigenvalue weighted by Gasteiger charge is -2.04. The van der Waals surface area contributed by atoms with Crippen LogP contribution in [0, 0.1) is 0 Å². The molecule has 70 valence electrons. The second kappa shape index (κ2) is 4.72. The number of hydrogen-bond donors (Lipinski definition) is 1. The predicted molar refractivity (Wildman–Crippen MR) is 52.5 cm³/mol. The van der Waals surface area contributed by atoms with Gasteiger partial charge in [-0.1, -0.05) is 0 Å². The molecule has 0 bridgehead atoms. The van der Waals surface area contributed by atoms with Gasteiger partial charge in [0.25, 0.3) is 0 Å². The van der Waals surface area contributed by atoms with Crippen LogP contribution in [-0.2, 0) is 0 Å². The molecule has 1 aromatic rings. The van der Waals surface area contributed by atoms with E-state index in [1.165, 1.54) is 0 Å². The van der Waals surface area contributed by atoms with Gasteiger partial charge in [-0.2, -0.15) is 0 Å². The normalized spacial score (nSPS) is 9.38. The fourth-order valence-corrected chi connectivity index (χ4v) is 1.02. The number of hydrogen-bond acceptors (Lipinski definition) is 2. The van der Waals surface area contributed by atoms with E-state index >= 15 is 0 Å². The van der Waals surface area contributed by atoms with Crippen LogP contribution < -0.4 is 10.1 Å². The topological polar surface area (TPSA) is 38.3 Å². The van der Waals surface area contributed by atoms with Gasteiger partial charge in [-0.3, -0.25) is 4.79 Å². The van der Waals surface area contributed by atoms with E-state index in [1.807, 2.05) is 6.92 Å². The maximum absolute atomic E-state index is 10.4. The van der Waals surface area contributed by atoms with Gasteiger partial charge in [-0.05, 0) is 42.8 Å². The molecular weight excluding hydrogens is 190 g/mol. The molecule has 0 saturated heterocycles. The molecule has 1 amide bonds. The van der Waals surface area contributed by atoms with Crippen molar-refractivity contribution in [3.63, 3.8) is 0 Å². The number of carbonyl (C=O) groups excluding carboxylic acids is 1. The Hall–Kier alpha value is -1.22. The Balaban J connectivity index is 2.64. The molecule has 0 aliphatic rings. The van der Waals surface area contributed by atoms with E-state index in [0.717, 1.165) is 5.75 Å². The molecule has 0 saturated carbocycles. The lowest BCUT2D eigenvalue weighted by Crippen LogP contribution is -2.00. The summed E-state index contributed by atoms with van der Waals surface area (Å²) in [5, 5.41) is 1.85. The van der Waals surface area contributed by atoms with Gasteiger partial charge in [0.05, 0.1) is 6.61 Å². The van der Waals surface area contributed by atoms with Crippen molar-refractivity contribution in [3.8, 4) is 5.75 Å². The van der Waals surface area contributed by atoms with E-state index in [2.05, 4.69) is 5.32 Å². The molecule has 1 rings (SSSR count). The van der Waals surface area contributed by atoms with Gasteiger partial charge in [-0.15, -0.1) is 0 Å². The minimum atomic E-state index is -0.593. The third-order valence-electron chi connectivity index (χ3n) is 1.41. The Morgan fingerprint density at radius 2 is 2.08 bits per heavy atom. The smallest absolute Gasteiger partial charge is 0.318 e. The van der Waals surface area contributed by atoms with Gasteiger partial charge < -0.3 is 10.1 Å². The molecule has 13 heavy (non-hydrogen) atoms. The first-order valence-corrected chi connectivity index (χ1v) is 4.29. The minimum absolute atomic E-state index is 0.593. The largest absolute Gasteiger partial charge is 0.494 e. The molecular formula is C9H10ClNO2. The van der Waals surface area contributed by atoms with Crippen molar-refractivity contribution < 1.29 is 9.53 Å². The Morgan fingerprint density at radius 3 is 2.54 bits per heavy atom. The van der Waals surface area contributed by atoms with Gasteiger partial charge in [0, 0.05) is 5.69 Å². The van der Waals surface area contributed by atoms with Crippen LogP contribution >= 0.6 is 11.6 Å². The summed E-state index contributed by atoms with van der Waals surface area (Å²) in [7, 11) is 0. The van der Waals surface area contributed by atoms with Crippen LogP contribution in [0.1, 0.15) is 6.92 Å².